The van der Waals surface area contributed by atoms with E-state index in [0.29, 0.717) is 50.6 Å². The summed E-state index contributed by atoms with van der Waals surface area (Å²) in [6.07, 6.45) is -0.962. The van der Waals surface area contributed by atoms with E-state index in [2.05, 4.69) is 37.6 Å². The van der Waals surface area contributed by atoms with Crippen LogP contribution >= 0.6 is 0 Å². The lowest BCUT2D eigenvalue weighted by atomic mass is 9.89. The van der Waals surface area contributed by atoms with Gasteiger partial charge in [0.25, 0.3) is 5.82 Å². The van der Waals surface area contributed by atoms with Crippen LogP contribution in [-0.4, -0.2) is 71.0 Å². The molecule has 2 aromatic rings. The molecule has 202 valence electrons. The Kier molecular flexibility index (Phi) is 8.67. The third kappa shape index (κ3) is 7.00. The summed E-state index contributed by atoms with van der Waals surface area (Å²) in [5, 5.41) is 14.0. The second-order valence-electron chi connectivity index (χ2n) is 9.41. The molecule has 0 aliphatic carbocycles. The van der Waals surface area contributed by atoms with Crippen LogP contribution in [-0.2, 0) is 22.1 Å². The first kappa shape index (κ1) is 26.9. The van der Waals surface area contributed by atoms with Crippen LogP contribution in [0.4, 0.5) is 13.2 Å². The fraction of sp³-hybridized carbons (Fsp3) is 0.600. The molecule has 1 unspecified atom stereocenters. The molecule has 37 heavy (non-hydrogen) atoms. The number of carbonyl (C=O) groups excluding carboxylic acids is 1. The molecule has 2 aliphatic rings. The second kappa shape index (κ2) is 11.9. The molecule has 1 N–H and O–H groups in total. The number of rotatable bonds is 9. The maximum Gasteiger partial charge on any atom is 0.453 e. The molecule has 0 saturated carbocycles. The van der Waals surface area contributed by atoms with Crippen molar-refractivity contribution in [2.45, 2.75) is 63.6 Å². The number of methoxy groups -OCH3 is 1. The summed E-state index contributed by atoms with van der Waals surface area (Å²) in [7, 11) is 1.59. The van der Waals surface area contributed by atoms with Crippen LogP contribution in [0.1, 0.15) is 62.2 Å². The molecule has 1 amide bonds. The van der Waals surface area contributed by atoms with E-state index in [4.69, 9.17) is 9.47 Å². The van der Waals surface area contributed by atoms with Gasteiger partial charge < -0.3 is 19.7 Å². The molecule has 12 heteroatoms. The smallest absolute Gasteiger partial charge is 0.453 e. The number of likely N-dealkylation sites (tertiary alicyclic amines) is 1. The van der Waals surface area contributed by atoms with Crippen LogP contribution in [0, 0.1) is 0 Å². The first-order valence-corrected chi connectivity index (χ1v) is 12.6. The Morgan fingerprint density at radius 2 is 1.89 bits per heavy atom. The predicted molar refractivity (Wildman–Crippen MR) is 130 cm³/mol. The molecule has 3 heterocycles. The van der Waals surface area contributed by atoms with Crippen molar-refractivity contribution < 1.29 is 27.4 Å². The highest BCUT2D eigenvalue weighted by atomic mass is 19.4. The summed E-state index contributed by atoms with van der Waals surface area (Å²) < 4.78 is 51.3. The highest BCUT2D eigenvalue weighted by Crippen LogP contribution is 2.32. The van der Waals surface area contributed by atoms with Crippen molar-refractivity contribution in [1.82, 2.24) is 25.1 Å². The molecular weight excluding hydrogens is 489 g/mol. The zero-order valence-corrected chi connectivity index (χ0v) is 21.1. The molecule has 1 saturated heterocycles. The standard InChI is InChI=1S/C25H33F3N6O3/c1-17(3-10-23(35)29-13-16-36-2)37-20-6-4-18(5-7-20)19-11-14-33(15-12-19)22-9-8-21-30-31-24(25(26,27)28)34(21)32-22/h4-7,17,19H,3,8-16H2,1-2H3,(H,29,35). The fourth-order valence-electron chi connectivity index (χ4n) is 4.66. The van der Waals surface area contributed by atoms with E-state index in [0.717, 1.165) is 36.4 Å². The van der Waals surface area contributed by atoms with Gasteiger partial charge in [-0.3, -0.25) is 4.79 Å². The Morgan fingerprint density at radius 3 is 2.57 bits per heavy atom. The van der Waals surface area contributed by atoms with Crippen molar-refractivity contribution in [2.24, 2.45) is 5.10 Å². The molecule has 1 aromatic heterocycles. The first-order chi connectivity index (χ1) is 17.7. The van der Waals surface area contributed by atoms with Crippen molar-refractivity contribution in [1.29, 1.82) is 0 Å². The minimum absolute atomic E-state index is 0.0173. The minimum atomic E-state index is -4.59. The zero-order chi connectivity index (χ0) is 26.4. The number of alkyl halides is 3. The average Bonchev–Trinajstić information content (AvgIpc) is 3.32. The van der Waals surface area contributed by atoms with E-state index in [-0.39, 0.29) is 17.8 Å². The predicted octanol–water partition coefficient (Wildman–Crippen LogP) is 3.59. The van der Waals surface area contributed by atoms with E-state index < -0.39 is 12.0 Å². The lowest BCUT2D eigenvalue weighted by Gasteiger charge is -2.35. The van der Waals surface area contributed by atoms with Gasteiger partial charge >= 0.3 is 6.18 Å². The van der Waals surface area contributed by atoms with Crippen LogP contribution in [0.2, 0.25) is 0 Å². The number of aromatic nitrogens is 3. The Bertz CT molecular complexity index is 1080. The normalized spacial score (nSPS) is 17.2. The number of aryl methyl sites for hydroxylation is 1. The molecule has 1 atom stereocenters. The van der Waals surface area contributed by atoms with E-state index in [1.54, 1.807) is 7.11 Å². The number of hydrogen-bond donors (Lipinski definition) is 1. The number of ether oxygens (including phenoxy) is 2. The van der Waals surface area contributed by atoms with E-state index >= 15 is 0 Å². The van der Waals surface area contributed by atoms with Crippen molar-refractivity contribution in [3.8, 4) is 5.75 Å². The van der Waals surface area contributed by atoms with E-state index in [9.17, 15) is 18.0 Å². The SMILES string of the molecule is COCCNC(=O)CCC(C)Oc1ccc(C2CCN(C3=Nn4c(nnc4C(F)(F)F)CC3)CC2)cc1. The summed E-state index contributed by atoms with van der Waals surface area (Å²) in [6.45, 7) is 4.39. The molecule has 4 rings (SSSR count). The van der Waals surface area contributed by atoms with Gasteiger partial charge in [-0.1, -0.05) is 12.1 Å². The number of nitrogens with one attached hydrogen (secondary N) is 1. The van der Waals surface area contributed by atoms with Crippen molar-refractivity contribution in [3.05, 3.63) is 41.5 Å². The lowest BCUT2D eigenvalue weighted by Crippen LogP contribution is -2.40. The second-order valence-corrected chi connectivity index (χ2v) is 9.41. The molecule has 0 spiro atoms. The van der Waals surface area contributed by atoms with Gasteiger partial charge in [-0.15, -0.1) is 10.2 Å². The third-order valence-electron chi connectivity index (χ3n) is 6.70. The number of fused-ring (bicyclic) bond motifs is 1. The number of benzene rings is 1. The number of piperidine rings is 1. The summed E-state index contributed by atoms with van der Waals surface area (Å²) in [6, 6.07) is 8.04. The molecule has 1 fully saturated rings. The van der Waals surface area contributed by atoms with Gasteiger partial charge in [0.05, 0.1) is 12.7 Å². The quantitative estimate of drug-likeness (QED) is 0.506. The van der Waals surface area contributed by atoms with Gasteiger partial charge in [0.1, 0.15) is 11.6 Å². The number of nitrogens with zero attached hydrogens (tertiary/aromatic N) is 5. The third-order valence-corrected chi connectivity index (χ3v) is 6.70. The van der Waals surface area contributed by atoms with Gasteiger partial charge in [0, 0.05) is 46.0 Å². The monoisotopic (exact) mass is 522 g/mol. The van der Waals surface area contributed by atoms with Crippen LogP contribution in [0.15, 0.2) is 29.4 Å². The topological polar surface area (TPSA) is 93.9 Å². The van der Waals surface area contributed by atoms with Gasteiger partial charge in [-0.05, 0) is 49.8 Å². The number of halogens is 3. The van der Waals surface area contributed by atoms with Crippen molar-refractivity contribution in [2.75, 3.05) is 33.4 Å². The van der Waals surface area contributed by atoms with Crippen LogP contribution < -0.4 is 10.1 Å². The number of amidine groups is 1. The maximum absolute atomic E-state index is 13.2. The lowest BCUT2D eigenvalue weighted by molar-refractivity contribution is -0.147. The van der Waals surface area contributed by atoms with E-state index in [1.165, 1.54) is 5.56 Å². The van der Waals surface area contributed by atoms with Crippen LogP contribution in [0.5, 0.6) is 5.75 Å². The summed E-state index contributed by atoms with van der Waals surface area (Å²) in [5.41, 5.74) is 1.21. The Labute approximate surface area is 214 Å². The Balaban J connectivity index is 1.26. The highest BCUT2D eigenvalue weighted by Gasteiger charge is 2.40. The summed E-state index contributed by atoms with van der Waals surface area (Å²) >= 11 is 0. The van der Waals surface area contributed by atoms with Crippen LogP contribution in [0.3, 0.4) is 0 Å². The molecular formula is C25H33F3N6O3. The molecule has 9 nitrogen and oxygen atoms in total. The van der Waals surface area contributed by atoms with Gasteiger partial charge in [-0.2, -0.15) is 22.9 Å². The van der Waals surface area contributed by atoms with Gasteiger partial charge in [0.2, 0.25) is 5.91 Å². The molecule has 1 aromatic carbocycles. The van der Waals surface area contributed by atoms with Crippen molar-refractivity contribution in [3.63, 3.8) is 0 Å². The maximum atomic E-state index is 13.2. The Morgan fingerprint density at radius 1 is 1.16 bits per heavy atom. The minimum Gasteiger partial charge on any atom is -0.491 e. The highest BCUT2D eigenvalue weighted by molar-refractivity contribution is 5.83. The molecule has 0 bridgehead atoms. The molecule has 0 radical (unpaired) electrons. The Hall–Kier alpha value is -3.15. The van der Waals surface area contributed by atoms with Crippen LogP contribution in [0.25, 0.3) is 0 Å². The molecule has 2 aliphatic heterocycles. The zero-order valence-electron chi connectivity index (χ0n) is 21.1. The van der Waals surface area contributed by atoms with Gasteiger partial charge in [-0.25, -0.2) is 0 Å². The fourth-order valence-corrected chi connectivity index (χ4v) is 4.66. The van der Waals surface area contributed by atoms with Gasteiger partial charge in [0.15, 0.2) is 5.82 Å². The number of amides is 1. The first-order valence-electron chi connectivity index (χ1n) is 12.6. The van der Waals surface area contributed by atoms with Crippen molar-refractivity contribution >= 4 is 11.7 Å². The average molecular weight is 523 g/mol. The summed E-state index contributed by atoms with van der Waals surface area (Å²) in [4.78, 5) is 13.9. The largest absolute Gasteiger partial charge is 0.491 e. The summed E-state index contributed by atoms with van der Waals surface area (Å²) in [5.74, 6) is 0.927. The number of hydrogen-bond acceptors (Lipinski definition) is 7. The van der Waals surface area contributed by atoms with E-state index in [1.807, 2.05) is 19.1 Å². The number of carbonyl (C=O) groups is 1.